The SMILES string of the molecule is C/C=C/c1ccc(/C(=C(/CC)c2ccccc2)c2ccc(NPI)c(C=N)c2)cc1.CCOC=O. The number of carbonyl (C=O) groups is 1. The predicted molar refractivity (Wildman–Crippen MR) is 162 cm³/mol. The summed E-state index contributed by atoms with van der Waals surface area (Å²) in [5.74, 6) is 0. The number of allylic oxidation sites excluding steroid dienone is 2. The summed E-state index contributed by atoms with van der Waals surface area (Å²) in [4.78, 5) is 9.18. The third-order valence-corrected chi connectivity index (χ3v) is 6.42. The topological polar surface area (TPSA) is 62.2 Å². The summed E-state index contributed by atoms with van der Waals surface area (Å²) in [6.07, 6.45) is 7.10. The Hall–Kier alpha value is -2.76. The zero-order valence-electron chi connectivity index (χ0n) is 20.3. The van der Waals surface area contributed by atoms with Crippen LogP contribution in [0.2, 0.25) is 0 Å². The van der Waals surface area contributed by atoms with Gasteiger partial charge in [0.25, 0.3) is 6.47 Å². The molecule has 0 saturated carbocycles. The normalized spacial score (nSPS) is 11.5. The fourth-order valence-electron chi connectivity index (χ4n) is 3.70. The fourth-order valence-corrected chi connectivity index (χ4v) is 4.90. The maximum absolute atomic E-state index is 9.18. The Morgan fingerprint density at radius 1 is 1.00 bits per heavy atom. The van der Waals surface area contributed by atoms with Crippen LogP contribution in [0.15, 0.2) is 78.9 Å². The molecule has 1 unspecified atom stereocenters. The number of nitrogens with one attached hydrogen (secondary N) is 2. The average molecular weight is 598 g/mol. The zero-order valence-corrected chi connectivity index (χ0v) is 23.5. The molecule has 0 fully saturated rings. The Kier molecular flexibility index (Phi) is 13.0. The Bertz CT molecular complexity index is 1140. The number of carbonyl (C=O) groups excluding carboxylic acids is 1. The van der Waals surface area contributed by atoms with Gasteiger partial charge in [0.1, 0.15) is 0 Å². The first-order chi connectivity index (χ1) is 17.1. The number of ether oxygens (including phenoxy) is 1. The number of hydrogen-bond acceptors (Lipinski definition) is 4. The molecule has 0 aromatic heterocycles. The predicted octanol–water partition coefficient (Wildman–Crippen LogP) is 8.62. The second kappa shape index (κ2) is 16.0. The number of rotatable bonds is 10. The van der Waals surface area contributed by atoms with E-state index in [4.69, 9.17) is 5.41 Å². The molecule has 0 spiro atoms. The number of halogens is 1. The maximum Gasteiger partial charge on any atom is 0.293 e. The highest BCUT2D eigenvalue weighted by Gasteiger charge is 2.14. The van der Waals surface area contributed by atoms with Crippen LogP contribution in [-0.2, 0) is 9.53 Å². The van der Waals surface area contributed by atoms with Crippen LogP contribution in [-0.4, -0.2) is 19.3 Å². The smallest absolute Gasteiger partial charge is 0.293 e. The molecule has 3 aromatic rings. The maximum atomic E-state index is 9.18. The highest BCUT2D eigenvalue weighted by molar-refractivity contribution is 14.2. The molecule has 1 atom stereocenters. The lowest BCUT2D eigenvalue weighted by atomic mass is 9.87. The lowest BCUT2D eigenvalue weighted by Gasteiger charge is -2.18. The van der Waals surface area contributed by atoms with Gasteiger partial charge in [-0.3, -0.25) is 4.79 Å². The van der Waals surface area contributed by atoms with E-state index >= 15 is 0 Å². The monoisotopic (exact) mass is 598 g/mol. The van der Waals surface area contributed by atoms with Crippen LogP contribution in [0, 0.1) is 5.41 Å². The van der Waals surface area contributed by atoms with E-state index in [9.17, 15) is 4.79 Å². The minimum absolute atomic E-state index is 0.431. The van der Waals surface area contributed by atoms with Crippen LogP contribution in [0.25, 0.3) is 17.2 Å². The van der Waals surface area contributed by atoms with E-state index < -0.39 is 0 Å². The molecule has 182 valence electrons. The molecule has 3 aromatic carbocycles. The van der Waals surface area contributed by atoms with Gasteiger partial charge < -0.3 is 15.2 Å². The summed E-state index contributed by atoms with van der Waals surface area (Å²) >= 11 is 2.32. The summed E-state index contributed by atoms with van der Waals surface area (Å²) in [6.45, 7) is 6.91. The Balaban J connectivity index is 0.000000784. The Morgan fingerprint density at radius 2 is 1.69 bits per heavy atom. The van der Waals surface area contributed by atoms with Gasteiger partial charge in [0.05, 0.1) is 6.61 Å². The van der Waals surface area contributed by atoms with Gasteiger partial charge in [-0.15, -0.1) is 0 Å². The molecule has 0 radical (unpaired) electrons. The van der Waals surface area contributed by atoms with Gasteiger partial charge in [-0.2, -0.15) is 0 Å². The second-order valence-electron chi connectivity index (χ2n) is 7.41. The Labute approximate surface area is 223 Å². The lowest BCUT2D eigenvalue weighted by Crippen LogP contribution is -1.98. The van der Waals surface area contributed by atoms with Crippen LogP contribution in [0.1, 0.15) is 55.0 Å². The molecule has 0 bridgehead atoms. The van der Waals surface area contributed by atoms with Crippen molar-refractivity contribution in [3.63, 3.8) is 0 Å². The van der Waals surface area contributed by atoms with E-state index in [1.165, 1.54) is 34.1 Å². The van der Waals surface area contributed by atoms with Crippen LogP contribution >= 0.6 is 28.4 Å². The number of benzene rings is 3. The van der Waals surface area contributed by atoms with E-state index in [1.807, 2.05) is 6.92 Å². The van der Waals surface area contributed by atoms with Gasteiger partial charge in [-0.05, 0) is 87.8 Å². The van der Waals surface area contributed by atoms with E-state index in [0.717, 1.165) is 23.2 Å². The highest BCUT2D eigenvalue weighted by Crippen LogP contribution is 2.36. The average Bonchev–Trinajstić information content (AvgIpc) is 2.90. The van der Waals surface area contributed by atoms with Crippen molar-refractivity contribution in [2.24, 2.45) is 0 Å². The van der Waals surface area contributed by atoms with Crippen molar-refractivity contribution in [3.05, 3.63) is 107 Å². The molecule has 0 aliphatic carbocycles. The van der Waals surface area contributed by atoms with Gasteiger partial charge in [-0.25, -0.2) is 0 Å². The molecular formula is C29H32IN2O2P. The summed E-state index contributed by atoms with van der Waals surface area (Å²) in [5, 5.41) is 11.3. The zero-order chi connectivity index (χ0) is 25.5. The Morgan fingerprint density at radius 3 is 2.20 bits per heavy atom. The molecule has 0 saturated heterocycles. The summed E-state index contributed by atoms with van der Waals surface area (Å²) in [7, 11) is 0. The van der Waals surface area contributed by atoms with E-state index in [1.54, 1.807) is 6.92 Å². The van der Waals surface area contributed by atoms with E-state index in [2.05, 4.69) is 124 Å². The quantitative estimate of drug-likeness (QED) is 0.0808. The van der Waals surface area contributed by atoms with Gasteiger partial charge in [0.2, 0.25) is 0 Å². The number of anilines is 1. The molecule has 2 N–H and O–H groups in total. The second-order valence-corrected chi connectivity index (χ2v) is 9.47. The van der Waals surface area contributed by atoms with Crippen molar-refractivity contribution in [2.75, 3.05) is 11.7 Å². The van der Waals surface area contributed by atoms with E-state index in [0.29, 0.717) is 19.5 Å². The summed E-state index contributed by atoms with van der Waals surface area (Å²) in [5.41, 5.74) is 9.20. The van der Waals surface area contributed by atoms with Gasteiger partial charge in [-0.1, -0.05) is 79.7 Å². The molecule has 0 aliphatic rings. The van der Waals surface area contributed by atoms with Crippen molar-refractivity contribution in [1.29, 1.82) is 5.41 Å². The van der Waals surface area contributed by atoms with Crippen molar-refractivity contribution < 1.29 is 9.53 Å². The van der Waals surface area contributed by atoms with Gasteiger partial charge >= 0.3 is 0 Å². The van der Waals surface area contributed by atoms with E-state index in [-0.39, 0.29) is 0 Å². The summed E-state index contributed by atoms with van der Waals surface area (Å²) < 4.78 is 4.15. The van der Waals surface area contributed by atoms with Crippen LogP contribution < -0.4 is 5.09 Å². The number of hydrogen-bond donors (Lipinski definition) is 2. The largest absolute Gasteiger partial charge is 0.468 e. The van der Waals surface area contributed by atoms with Gasteiger partial charge in [0, 0.05) is 23.8 Å². The van der Waals surface area contributed by atoms with Crippen molar-refractivity contribution in [3.8, 4) is 0 Å². The van der Waals surface area contributed by atoms with Gasteiger partial charge in [0.15, 0.2) is 0 Å². The first-order valence-electron chi connectivity index (χ1n) is 11.5. The molecule has 3 rings (SSSR count). The minimum Gasteiger partial charge on any atom is -0.468 e. The van der Waals surface area contributed by atoms with Crippen LogP contribution in [0.3, 0.4) is 0 Å². The first kappa shape index (κ1) is 28.5. The minimum atomic E-state index is 0.431. The molecule has 35 heavy (non-hydrogen) atoms. The fraction of sp³-hybridized carbons (Fsp3) is 0.172. The highest BCUT2D eigenvalue weighted by atomic mass is 127. The third-order valence-electron chi connectivity index (χ3n) is 5.25. The van der Waals surface area contributed by atoms with Crippen molar-refractivity contribution >= 4 is 64.0 Å². The standard InChI is InChI=1S/C26H26IN2P.C3H6O2/c1-3-8-19-11-13-21(14-12-19)26(24(4-2)20-9-6-5-7-10-20)22-15-16-25(29-30-27)23(17-22)18-28;1-2-5-3-4/h3,5-18,28-30H,4H2,1-2H3;3H,2H2,1H3/b8-3+,26-24+,28-18?;. The molecule has 0 heterocycles. The van der Waals surface area contributed by atoms with Crippen LogP contribution in [0.4, 0.5) is 5.69 Å². The molecule has 6 heteroatoms. The molecule has 0 aliphatic heterocycles. The molecular weight excluding hydrogens is 566 g/mol. The van der Waals surface area contributed by atoms with Crippen molar-refractivity contribution in [1.82, 2.24) is 0 Å². The summed E-state index contributed by atoms with van der Waals surface area (Å²) in [6, 6.07) is 25.7. The third kappa shape index (κ3) is 8.44. The molecule has 0 amide bonds. The lowest BCUT2D eigenvalue weighted by molar-refractivity contribution is -0.128. The van der Waals surface area contributed by atoms with Crippen molar-refractivity contribution in [2.45, 2.75) is 27.2 Å². The molecule has 4 nitrogen and oxygen atoms in total. The first-order valence-corrected chi connectivity index (χ1v) is 15.6. The van der Waals surface area contributed by atoms with Crippen LogP contribution in [0.5, 0.6) is 0 Å².